The van der Waals surface area contributed by atoms with E-state index in [0.29, 0.717) is 39.0 Å². The summed E-state index contributed by atoms with van der Waals surface area (Å²) >= 11 is 12.9. The first-order valence-corrected chi connectivity index (χ1v) is 15.7. The molecule has 2 aliphatic heterocycles. The zero-order chi connectivity index (χ0) is 30.6. The molecule has 2 bridgehead atoms. The van der Waals surface area contributed by atoms with Crippen molar-refractivity contribution in [1.82, 2.24) is 0 Å². The molecular weight excluding hydrogens is 595 g/mol. The summed E-state index contributed by atoms with van der Waals surface area (Å²) in [5.41, 5.74) is 5.31. The van der Waals surface area contributed by atoms with Crippen LogP contribution in [0.1, 0.15) is 23.1 Å². The second-order valence-electron chi connectivity index (χ2n) is 12.5. The highest BCUT2D eigenvalue weighted by atomic mass is 35.5. The van der Waals surface area contributed by atoms with Crippen molar-refractivity contribution in [3.05, 3.63) is 111 Å². The first-order valence-electron chi connectivity index (χ1n) is 14.9. The van der Waals surface area contributed by atoms with Gasteiger partial charge >= 0.3 is 0 Å². The number of amides is 4. The second-order valence-corrected chi connectivity index (χ2v) is 13.3. The lowest BCUT2D eigenvalue weighted by atomic mass is 9.49. The Kier molecular flexibility index (Phi) is 6.10. The molecule has 7 atom stereocenters. The van der Waals surface area contributed by atoms with Crippen LogP contribution in [0.5, 0.6) is 0 Å². The van der Waals surface area contributed by atoms with E-state index in [2.05, 4.69) is 6.08 Å². The van der Waals surface area contributed by atoms with Gasteiger partial charge in [-0.1, -0.05) is 83.4 Å². The van der Waals surface area contributed by atoms with Crippen molar-refractivity contribution in [2.45, 2.75) is 20.3 Å². The number of nitrogens with zero attached hydrogens (tertiary/aromatic N) is 2. The summed E-state index contributed by atoms with van der Waals surface area (Å²) in [7, 11) is 0. The SMILES string of the molecule is Cc1c(Cl)cccc1N1C(=O)[C@@H]2[C@H]3C=C[C@H](C4=C(c5ccccc5)C[C@H]5C(=O)N(c6cccc(Cl)c6C)C(=O)[C@H]5[C@H]43)[C@H]2C1=O. The van der Waals surface area contributed by atoms with Crippen LogP contribution in [0.2, 0.25) is 10.0 Å². The Bertz CT molecular complexity index is 1880. The summed E-state index contributed by atoms with van der Waals surface area (Å²) in [5, 5.41) is 0.965. The molecular formula is C36H28Cl2N2O4. The number of fused-ring (bicyclic) bond motifs is 1. The Labute approximate surface area is 264 Å². The Morgan fingerprint density at radius 3 is 1.82 bits per heavy atom. The third-order valence-electron chi connectivity index (χ3n) is 10.6. The fourth-order valence-corrected chi connectivity index (χ4v) is 9.01. The molecule has 9 rings (SSSR count). The molecule has 220 valence electrons. The molecule has 0 radical (unpaired) electrons. The van der Waals surface area contributed by atoms with Crippen molar-refractivity contribution in [3.63, 3.8) is 0 Å². The van der Waals surface area contributed by atoms with Gasteiger partial charge in [0.05, 0.1) is 35.0 Å². The first-order chi connectivity index (χ1) is 21.2. The van der Waals surface area contributed by atoms with Crippen molar-refractivity contribution in [3.8, 4) is 0 Å². The van der Waals surface area contributed by atoms with Gasteiger partial charge in [-0.2, -0.15) is 0 Å². The van der Waals surface area contributed by atoms with Gasteiger partial charge in [0.15, 0.2) is 0 Å². The quantitative estimate of drug-likeness (QED) is 0.237. The van der Waals surface area contributed by atoms with Gasteiger partial charge in [-0.25, -0.2) is 9.80 Å². The van der Waals surface area contributed by atoms with Gasteiger partial charge in [-0.3, -0.25) is 19.2 Å². The standard InChI is InChI=1S/C36H28Cl2N2O4/c1-17-24(37)10-6-12-26(17)39-33(41)23-16-22(19-8-4-3-5-9-19)28-20-14-15-21(29(28)32(23)36(39)44)31-30(20)34(42)40(35(31)43)27-13-7-11-25(38)18(27)2/h3-15,20-21,23,29-32H,16H2,1-2H3/t20-,21+,23-,29+,30-,31-,32-/m1/s1. The number of anilines is 2. The molecule has 4 amide bonds. The minimum Gasteiger partial charge on any atom is -0.274 e. The fourth-order valence-electron chi connectivity index (χ4n) is 8.67. The molecule has 6 aliphatic rings. The first kappa shape index (κ1) is 27.5. The van der Waals surface area contributed by atoms with Crippen molar-refractivity contribution in [1.29, 1.82) is 0 Å². The maximum Gasteiger partial charge on any atom is 0.238 e. The minimum absolute atomic E-state index is 0.241. The molecule has 0 N–H and O–H groups in total. The van der Waals surface area contributed by atoms with Crippen LogP contribution in [0.4, 0.5) is 11.4 Å². The predicted octanol–water partition coefficient (Wildman–Crippen LogP) is 6.81. The number of carbonyl (C=O) groups is 4. The second kappa shape index (κ2) is 9.75. The summed E-state index contributed by atoms with van der Waals surface area (Å²) in [5.74, 6) is -4.65. The van der Waals surface area contributed by atoms with E-state index in [1.54, 1.807) is 36.4 Å². The van der Waals surface area contributed by atoms with Crippen molar-refractivity contribution in [2.24, 2.45) is 41.4 Å². The Balaban J connectivity index is 1.30. The number of hydrogen-bond acceptors (Lipinski definition) is 4. The number of hydrogen-bond donors (Lipinski definition) is 0. The normalized spacial score (nSPS) is 30.3. The van der Waals surface area contributed by atoms with Crippen LogP contribution in [-0.2, 0) is 19.2 Å². The van der Waals surface area contributed by atoms with E-state index < -0.39 is 35.5 Å². The molecule has 3 fully saturated rings. The average molecular weight is 624 g/mol. The highest BCUT2D eigenvalue weighted by Gasteiger charge is 2.67. The highest BCUT2D eigenvalue weighted by molar-refractivity contribution is 6.33. The van der Waals surface area contributed by atoms with Crippen molar-refractivity contribution >= 4 is 63.8 Å². The molecule has 0 aromatic heterocycles. The summed E-state index contributed by atoms with van der Waals surface area (Å²) < 4.78 is 0. The third kappa shape index (κ3) is 3.55. The molecule has 3 aromatic carbocycles. The molecule has 44 heavy (non-hydrogen) atoms. The smallest absolute Gasteiger partial charge is 0.238 e. The van der Waals surface area contributed by atoms with E-state index in [1.807, 2.05) is 50.3 Å². The molecule has 2 saturated heterocycles. The number of halogens is 2. The van der Waals surface area contributed by atoms with Crippen LogP contribution < -0.4 is 9.80 Å². The Morgan fingerprint density at radius 2 is 1.18 bits per heavy atom. The van der Waals surface area contributed by atoms with Gasteiger partial charge in [0, 0.05) is 21.9 Å². The maximum absolute atomic E-state index is 14.4. The van der Waals surface area contributed by atoms with E-state index in [0.717, 1.165) is 16.7 Å². The molecule has 0 unspecified atom stereocenters. The van der Waals surface area contributed by atoms with Gasteiger partial charge in [-0.05, 0) is 72.7 Å². The lowest BCUT2D eigenvalue weighted by Gasteiger charge is -2.51. The van der Waals surface area contributed by atoms with E-state index in [1.165, 1.54) is 9.80 Å². The number of rotatable bonds is 3. The lowest BCUT2D eigenvalue weighted by Crippen LogP contribution is -2.51. The Hall–Kier alpha value is -4.00. The van der Waals surface area contributed by atoms with Gasteiger partial charge in [0.2, 0.25) is 23.6 Å². The van der Waals surface area contributed by atoms with Crippen LogP contribution in [-0.4, -0.2) is 23.6 Å². The molecule has 8 heteroatoms. The summed E-state index contributed by atoms with van der Waals surface area (Å²) in [6, 6.07) is 20.4. The fraction of sp³-hybridized carbons (Fsp3) is 0.278. The molecule has 6 nitrogen and oxygen atoms in total. The summed E-state index contributed by atoms with van der Waals surface area (Å²) in [6.45, 7) is 3.62. The van der Waals surface area contributed by atoms with Crippen molar-refractivity contribution in [2.75, 3.05) is 9.80 Å². The molecule has 0 spiro atoms. The topological polar surface area (TPSA) is 74.8 Å². The average Bonchev–Trinajstić information content (AvgIpc) is 3.45. The molecule has 3 aromatic rings. The van der Waals surface area contributed by atoms with Crippen LogP contribution in [0.25, 0.3) is 5.57 Å². The van der Waals surface area contributed by atoms with Crippen LogP contribution in [0.3, 0.4) is 0 Å². The minimum atomic E-state index is -0.647. The number of benzene rings is 3. The largest absolute Gasteiger partial charge is 0.274 e. The summed E-state index contributed by atoms with van der Waals surface area (Å²) in [6.07, 6.45) is 4.46. The van der Waals surface area contributed by atoms with Crippen LogP contribution >= 0.6 is 23.2 Å². The van der Waals surface area contributed by atoms with Crippen LogP contribution in [0.15, 0.2) is 84.5 Å². The monoisotopic (exact) mass is 622 g/mol. The molecule has 2 heterocycles. The van der Waals surface area contributed by atoms with E-state index >= 15 is 0 Å². The number of allylic oxidation sites excluding steroid dienone is 4. The third-order valence-corrected chi connectivity index (χ3v) is 11.4. The van der Waals surface area contributed by atoms with Crippen molar-refractivity contribution < 1.29 is 19.2 Å². The van der Waals surface area contributed by atoms with Gasteiger partial charge in [0.1, 0.15) is 0 Å². The van der Waals surface area contributed by atoms with Crippen LogP contribution in [0, 0.1) is 55.3 Å². The van der Waals surface area contributed by atoms with Gasteiger partial charge < -0.3 is 0 Å². The number of imide groups is 2. The van der Waals surface area contributed by atoms with E-state index in [9.17, 15) is 19.2 Å². The molecule has 4 aliphatic carbocycles. The Morgan fingerprint density at radius 1 is 0.614 bits per heavy atom. The molecule has 1 saturated carbocycles. The maximum atomic E-state index is 14.4. The highest BCUT2D eigenvalue weighted by Crippen LogP contribution is 2.63. The van der Waals surface area contributed by atoms with E-state index in [-0.39, 0.29) is 29.5 Å². The van der Waals surface area contributed by atoms with Gasteiger partial charge in [0.25, 0.3) is 0 Å². The lowest BCUT2D eigenvalue weighted by molar-refractivity contribution is -0.129. The number of carbonyl (C=O) groups excluding carboxylic acids is 4. The zero-order valence-electron chi connectivity index (χ0n) is 24.0. The van der Waals surface area contributed by atoms with E-state index in [4.69, 9.17) is 23.2 Å². The zero-order valence-corrected chi connectivity index (χ0v) is 25.5. The summed E-state index contributed by atoms with van der Waals surface area (Å²) in [4.78, 5) is 59.8. The van der Waals surface area contributed by atoms with Gasteiger partial charge in [-0.15, -0.1) is 0 Å². The predicted molar refractivity (Wildman–Crippen MR) is 169 cm³/mol.